The Balaban J connectivity index is 0.00000480. The molecule has 0 amide bonds. The maximum Gasteiger partial charge on any atom is 1.00 e. The molecule has 5 nitrogen and oxygen atoms in total. The summed E-state index contributed by atoms with van der Waals surface area (Å²) in [5.41, 5.74) is 0.732. The first-order chi connectivity index (χ1) is 14.4. The zero-order valence-electron chi connectivity index (χ0n) is 18.8. The third-order valence-corrected chi connectivity index (χ3v) is 6.03. The van der Waals surface area contributed by atoms with Gasteiger partial charge >= 0.3 is 29.6 Å². The van der Waals surface area contributed by atoms with Crippen LogP contribution in [-0.2, 0) is 16.5 Å². The van der Waals surface area contributed by atoms with Crippen LogP contribution in [0.5, 0.6) is 17.2 Å². The number of unbranched alkanes of at least 4 members (excludes halogenated alkanes) is 9. The summed E-state index contributed by atoms with van der Waals surface area (Å²) in [6.07, 6.45) is 12.9. The van der Waals surface area contributed by atoms with E-state index in [1.165, 1.54) is 69.2 Å². The quantitative estimate of drug-likeness (QED) is 0.268. The fraction of sp³-hybridized carbons (Fsp3) is 0.500. The molecule has 0 aliphatic heterocycles. The maximum atomic E-state index is 11.5. The van der Waals surface area contributed by atoms with Crippen molar-refractivity contribution < 1.29 is 52.4 Å². The molecule has 0 bridgehead atoms. The largest absolute Gasteiger partial charge is 1.00 e. The second-order valence-corrected chi connectivity index (χ2v) is 9.17. The summed E-state index contributed by atoms with van der Waals surface area (Å²) in [6.45, 7) is 2.23. The number of hydrogen-bond acceptors (Lipinski definition) is 4. The SMILES string of the molecule is CCCCCCCCCCCCc1cc(S(=O)(=O)O)ccc1Oc1ccc([O-])cc1.[Na+]. The fourth-order valence-electron chi connectivity index (χ4n) is 3.45. The summed E-state index contributed by atoms with van der Waals surface area (Å²) in [5.74, 6) is 0.949. The van der Waals surface area contributed by atoms with Gasteiger partial charge in [0.2, 0.25) is 0 Å². The first-order valence-corrected chi connectivity index (χ1v) is 12.4. The zero-order valence-corrected chi connectivity index (χ0v) is 21.6. The Bertz CT molecular complexity index is 866. The van der Waals surface area contributed by atoms with Gasteiger partial charge in [0.15, 0.2) is 0 Å². The Hall–Kier alpha value is -1.05. The van der Waals surface area contributed by atoms with E-state index in [2.05, 4.69) is 6.92 Å². The molecule has 2 rings (SSSR count). The molecule has 0 spiro atoms. The van der Waals surface area contributed by atoms with Crippen LogP contribution >= 0.6 is 0 Å². The van der Waals surface area contributed by atoms with Gasteiger partial charge in [-0.1, -0.05) is 76.8 Å². The van der Waals surface area contributed by atoms with Crippen molar-refractivity contribution in [3.05, 3.63) is 48.0 Å². The Morgan fingerprint density at radius 2 is 1.39 bits per heavy atom. The van der Waals surface area contributed by atoms with E-state index >= 15 is 0 Å². The predicted octanol–water partition coefficient (Wildman–Crippen LogP) is 3.27. The molecule has 0 heterocycles. The first kappa shape index (κ1) is 28.0. The van der Waals surface area contributed by atoms with Gasteiger partial charge < -0.3 is 9.84 Å². The van der Waals surface area contributed by atoms with Crippen molar-refractivity contribution in [1.29, 1.82) is 0 Å². The van der Waals surface area contributed by atoms with Crippen LogP contribution in [0.3, 0.4) is 0 Å². The predicted molar refractivity (Wildman–Crippen MR) is 118 cm³/mol. The fourth-order valence-corrected chi connectivity index (χ4v) is 3.98. The Morgan fingerprint density at radius 1 is 0.839 bits per heavy atom. The van der Waals surface area contributed by atoms with Crippen LogP contribution < -0.4 is 39.4 Å². The average Bonchev–Trinajstić information content (AvgIpc) is 2.71. The van der Waals surface area contributed by atoms with Gasteiger partial charge in [-0.2, -0.15) is 8.42 Å². The van der Waals surface area contributed by atoms with Crippen LogP contribution in [0.15, 0.2) is 47.4 Å². The Kier molecular flexibility index (Phi) is 13.5. The molecule has 0 unspecified atom stereocenters. The topological polar surface area (TPSA) is 86.7 Å². The van der Waals surface area contributed by atoms with Gasteiger partial charge in [-0.15, -0.1) is 5.75 Å². The van der Waals surface area contributed by atoms with Gasteiger partial charge in [0.1, 0.15) is 11.5 Å². The minimum atomic E-state index is -4.27. The molecular weight excluding hydrogens is 423 g/mol. The van der Waals surface area contributed by atoms with Crippen molar-refractivity contribution in [1.82, 2.24) is 0 Å². The molecule has 0 saturated heterocycles. The average molecular weight is 457 g/mol. The van der Waals surface area contributed by atoms with Crippen molar-refractivity contribution in [2.75, 3.05) is 0 Å². The molecule has 2 aromatic rings. The van der Waals surface area contributed by atoms with Crippen molar-refractivity contribution in [2.45, 2.75) is 82.4 Å². The normalized spacial score (nSPS) is 11.2. The van der Waals surface area contributed by atoms with Gasteiger partial charge in [0, 0.05) is 0 Å². The van der Waals surface area contributed by atoms with Crippen molar-refractivity contribution in [3.8, 4) is 17.2 Å². The number of aryl methyl sites for hydroxylation is 1. The van der Waals surface area contributed by atoms with E-state index in [0.29, 0.717) is 17.9 Å². The summed E-state index contributed by atoms with van der Waals surface area (Å²) in [7, 11) is -4.27. The summed E-state index contributed by atoms with van der Waals surface area (Å²) < 4.78 is 38.3. The number of hydrogen-bond donors (Lipinski definition) is 1. The molecule has 0 saturated carbocycles. The number of benzene rings is 2. The molecule has 0 fully saturated rings. The monoisotopic (exact) mass is 456 g/mol. The van der Waals surface area contributed by atoms with Crippen LogP contribution in [0.1, 0.15) is 76.7 Å². The maximum absolute atomic E-state index is 11.5. The number of ether oxygens (including phenoxy) is 1. The molecule has 0 aromatic heterocycles. The van der Waals surface area contributed by atoms with Gasteiger partial charge in [-0.05, 0) is 48.7 Å². The molecule has 31 heavy (non-hydrogen) atoms. The van der Waals surface area contributed by atoms with Crippen molar-refractivity contribution in [2.24, 2.45) is 0 Å². The third-order valence-electron chi connectivity index (χ3n) is 5.18. The Morgan fingerprint density at radius 3 is 1.94 bits per heavy atom. The van der Waals surface area contributed by atoms with Crippen LogP contribution in [0.4, 0.5) is 0 Å². The minimum Gasteiger partial charge on any atom is -0.872 e. The second kappa shape index (κ2) is 14.9. The van der Waals surface area contributed by atoms with Gasteiger partial charge in [0.05, 0.1) is 4.90 Å². The molecule has 0 radical (unpaired) electrons. The number of rotatable bonds is 14. The molecule has 0 aliphatic rings. The molecule has 1 N–H and O–H groups in total. The van der Waals surface area contributed by atoms with Crippen molar-refractivity contribution >= 4 is 10.1 Å². The van der Waals surface area contributed by atoms with E-state index in [9.17, 15) is 18.1 Å². The van der Waals surface area contributed by atoms with Crippen LogP contribution in [0.25, 0.3) is 0 Å². The summed E-state index contributed by atoms with van der Waals surface area (Å²) in [5, 5.41) is 11.3. The van der Waals surface area contributed by atoms with E-state index in [1.807, 2.05) is 0 Å². The van der Waals surface area contributed by atoms with Crippen LogP contribution in [0, 0.1) is 0 Å². The smallest absolute Gasteiger partial charge is 0.872 e. The van der Waals surface area contributed by atoms with E-state index in [-0.39, 0.29) is 40.2 Å². The molecule has 0 aliphatic carbocycles. The van der Waals surface area contributed by atoms with Crippen LogP contribution in [-0.4, -0.2) is 13.0 Å². The van der Waals surface area contributed by atoms with Gasteiger partial charge in [-0.3, -0.25) is 4.55 Å². The Labute approximate surface area is 209 Å². The molecule has 7 heteroatoms. The summed E-state index contributed by atoms with van der Waals surface area (Å²) >= 11 is 0. The van der Waals surface area contributed by atoms with Gasteiger partial charge in [0.25, 0.3) is 10.1 Å². The second-order valence-electron chi connectivity index (χ2n) is 7.75. The van der Waals surface area contributed by atoms with Crippen molar-refractivity contribution in [3.63, 3.8) is 0 Å². The standard InChI is InChI=1S/C24H34O5S.Na/c1-2-3-4-5-6-7-8-9-10-11-12-20-19-23(30(26,27)28)17-18-24(20)29-22-15-13-21(25)14-16-22;/h13-19,25H,2-12H2,1H3,(H,26,27,28);/q;+1/p-1. The molecular formula is C24H33NaO5S. The minimum absolute atomic E-state index is 0. The van der Waals surface area contributed by atoms with Crippen LogP contribution in [0.2, 0.25) is 0 Å². The zero-order chi connectivity index (χ0) is 21.8. The summed E-state index contributed by atoms with van der Waals surface area (Å²) in [4.78, 5) is -0.133. The molecule has 166 valence electrons. The first-order valence-electron chi connectivity index (χ1n) is 11.0. The van der Waals surface area contributed by atoms with E-state index < -0.39 is 10.1 Å². The van der Waals surface area contributed by atoms with E-state index in [1.54, 1.807) is 18.2 Å². The van der Waals surface area contributed by atoms with Gasteiger partial charge in [-0.25, -0.2) is 0 Å². The molecule has 0 atom stereocenters. The molecule has 2 aromatic carbocycles. The van der Waals surface area contributed by atoms with E-state index in [4.69, 9.17) is 4.74 Å². The third kappa shape index (κ3) is 10.9. The van der Waals surface area contributed by atoms with E-state index in [0.717, 1.165) is 24.8 Å². The summed E-state index contributed by atoms with van der Waals surface area (Å²) in [6, 6.07) is 10.4.